The minimum absolute atomic E-state index is 0.00624. The maximum absolute atomic E-state index is 12.0. The van der Waals surface area contributed by atoms with Gasteiger partial charge in [0.25, 0.3) is 0 Å². The Morgan fingerprint density at radius 1 is 0.818 bits per heavy atom. The van der Waals surface area contributed by atoms with Crippen molar-refractivity contribution in [3.05, 3.63) is 90.5 Å². The summed E-state index contributed by atoms with van der Waals surface area (Å²) in [6.07, 6.45) is 0.386. The molecule has 2 heteroatoms. The van der Waals surface area contributed by atoms with Crippen LogP contribution in [0.25, 0.3) is 11.1 Å². The zero-order valence-electron chi connectivity index (χ0n) is 12.1. The SMILES string of the molecule is O=C(Cc1ccccc1)Nc1ccc(-c2cc[c]cc2)cc1. The van der Waals surface area contributed by atoms with Gasteiger partial charge < -0.3 is 5.32 Å². The van der Waals surface area contributed by atoms with Crippen LogP contribution < -0.4 is 5.32 Å². The first kappa shape index (κ1) is 14.1. The molecule has 1 N–H and O–H groups in total. The number of anilines is 1. The van der Waals surface area contributed by atoms with E-state index >= 15 is 0 Å². The van der Waals surface area contributed by atoms with Gasteiger partial charge in [-0.2, -0.15) is 0 Å². The number of benzene rings is 3. The third kappa shape index (κ3) is 3.61. The van der Waals surface area contributed by atoms with Gasteiger partial charge in [-0.15, -0.1) is 0 Å². The molecule has 0 bridgehead atoms. The second-order valence-corrected chi connectivity index (χ2v) is 5.08. The van der Waals surface area contributed by atoms with Crippen LogP contribution in [-0.2, 0) is 11.2 Å². The quantitative estimate of drug-likeness (QED) is 0.759. The number of carbonyl (C=O) groups excluding carboxylic acids is 1. The third-order valence-corrected chi connectivity index (χ3v) is 3.43. The lowest BCUT2D eigenvalue weighted by Gasteiger charge is -2.07. The molecule has 3 rings (SSSR count). The highest BCUT2D eigenvalue weighted by atomic mass is 16.1. The number of rotatable bonds is 4. The Hall–Kier alpha value is -2.87. The molecule has 3 aromatic rings. The molecule has 2 nitrogen and oxygen atoms in total. The van der Waals surface area contributed by atoms with Gasteiger partial charge in [0.2, 0.25) is 5.91 Å². The van der Waals surface area contributed by atoms with Gasteiger partial charge in [0.15, 0.2) is 0 Å². The first-order valence-corrected chi connectivity index (χ1v) is 7.21. The smallest absolute Gasteiger partial charge is 0.228 e. The van der Waals surface area contributed by atoms with Gasteiger partial charge in [-0.05, 0) is 34.9 Å². The van der Waals surface area contributed by atoms with Crippen molar-refractivity contribution in [3.8, 4) is 11.1 Å². The standard InChI is InChI=1S/C20H16NO/c22-20(15-16-7-3-1-4-8-16)21-19-13-11-18(12-14-19)17-9-5-2-6-10-17/h1,3-14H,15H2,(H,21,22). The van der Waals surface area contributed by atoms with Crippen molar-refractivity contribution in [1.82, 2.24) is 0 Å². The van der Waals surface area contributed by atoms with E-state index in [0.29, 0.717) is 6.42 Å². The van der Waals surface area contributed by atoms with Crippen LogP contribution in [0.4, 0.5) is 5.69 Å². The number of carbonyl (C=O) groups is 1. The molecule has 0 spiro atoms. The summed E-state index contributed by atoms with van der Waals surface area (Å²) >= 11 is 0. The van der Waals surface area contributed by atoms with Crippen LogP contribution >= 0.6 is 0 Å². The van der Waals surface area contributed by atoms with Gasteiger partial charge in [-0.25, -0.2) is 0 Å². The molecule has 0 saturated heterocycles. The molecule has 0 aliphatic rings. The van der Waals surface area contributed by atoms with E-state index < -0.39 is 0 Å². The predicted octanol–water partition coefficient (Wildman–Crippen LogP) is 4.33. The van der Waals surface area contributed by atoms with Crippen molar-refractivity contribution in [1.29, 1.82) is 0 Å². The Labute approximate surface area is 130 Å². The highest BCUT2D eigenvalue weighted by molar-refractivity contribution is 5.92. The zero-order chi connectivity index (χ0) is 15.2. The van der Waals surface area contributed by atoms with E-state index in [1.165, 1.54) is 0 Å². The van der Waals surface area contributed by atoms with Crippen LogP contribution in [0.3, 0.4) is 0 Å². The molecular weight excluding hydrogens is 270 g/mol. The Bertz CT molecular complexity index is 734. The van der Waals surface area contributed by atoms with Gasteiger partial charge in [-0.1, -0.05) is 66.7 Å². The number of nitrogens with one attached hydrogen (secondary N) is 1. The maximum atomic E-state index is 12.0. The molecule has 0 fully saturated rings. The average Bonchev–Trinajstić information content (AvgIpc) is 2.57. The van der Waals surface area contributed by atoms with Gasteiger partial charge in [0, 0.05) is 5.69 Å². The van der Waals surface area contributed by atoms with Gasteiger partial charge in [0.1, 0.15) is 0 Å². The Morgan fingerprint density at radius 2 is 1.45 bits per heavy atom. The Kier molecular flexibility index (Phi) is 4.30. The fraction of sp³-hybridized carbons (Fsp3) is 0.0500. The molecule has 22 heavy (non-hydrogen) atoms. The Morgan fingerprint density at radius 3 is 2.14 bits per heavy atom. The molecule has 0 heterocycles. The van der Waals surface area contributed by atoms with E-state index in [1.54, 1.807) is 0 Å². The first-order chi connectivity index (χ1) is 10.8. The van der Waals surface area contributed by atoms with Crippen molar-refractivity contribution < 1.29 is 4.79 Å². The normalized spacial score (nSPS) is 10.2. The summed E-state index contributed by atoms with van der Waals surface area (Å²) in [5.74, 6) is -0.00624. The van der Waals surface area contributed by atoms with E-state index in [4.69, 9.17) is 0 Å². The fourth-order valence-electron chi connectivity index (χ4n) is 2.31. The maximum Gasteiger partial charge on any atom is 0.228 e. The topological polar surface area (TPSA) is 29.1 Å². The van der Waals surface area contributed by atoms with E-state index in [9.17, 15) is 4.79 Å². The molecule has 0 aliphatic carbocycles. The zero-order valence-corrected chi connectivity index (χ0v) is 12.1. The summed E-state index contributed by atoms with van der Waals surface area (Å²) in [5.41, 5.74) is 4.08. The van der Waals surface area contributed by atoms with Crippen LogP contribution in [-0.4, -0.2) is 5.91 Å². The third-order valence-electron chi connectivity index (χ3n) is 3.43. The summed E-state index contributed by atoms with van der Waals surface area (Å²) in [6.45, 7) is 0. The largest absolute Gasteiger partial charge is 0.326 e. The van der Waals surface area contributed by atoms with E-state index in [-0.39, 0.29) is 5.91 Å². The fourth-order valence-corrected chi connectivity index (χ4v) is 2.31. The van der Waals surface area contributed by atoms with Crippen molar-refractivity contribution in [3.63, 3.8) is 0 Å². The van der Waals surface area contributed by atoms with E-state index in [2.05, 4.69) is 11.4 Å². The van der Waals surface area contributed by atoms with Crippen molar-refractivity contribution in [2.24, 2.45) is 0 Å². The van der Waals surface area contributed by atoms with E-state index in [0.717, 1.165) is 22.4 Å². The molecule has 107 valence electrons. The summed E-state index contributed by atoms with van der Waals surface area (Å²) < 4.78 is 0. The molecule has 1 radical (unpaired) electrons. The van der Waals surface area contributed by atoms with E-state index in [1.807, 2.05) is 78.9 Å². The van der Waals surface area contributed by atoms with Crippen LogP contribution in [0.5, 0.6) is 0 Å². The molecule has 0 atom stereocenters. The molecular formula is C20H16NO. The van der Waals surface area contributed by atoms with Gasteiger partial charge in [-0.3, -0.25) is 4.79 Å². The lowest BCUT2D eigenvalue weighted by atomic mass is 10.1. The van der Waals surface area contributed by atoms with Crippen molar-refractivity contribution in [2.45, 2.75) is 6.42 Å². The second kappa shape index (κ2) is 6.72. The van der Waals surface area contributed by atoms with Crippen LogP contribution in [0.2, 0.25) is 0 Å². The number of hydrogen-bond donors (Lipinski definition) is 1. The molecule has 1 amide bonds. The lowest BCUT2D eigenvalue weighted by molar-refractivity contribution is -0.115. The summed E-state index contributed by atoms with van der Waals surface area (Å²) in [4.78, 5) is 12.0. The molecule has 0 saturated carbocycles. The van der Waals surface area contributed by atoms with Crippen LogP contribution in [0.1, 0.15) is 5.56 Å². The average molecular weight is 286 g/mol. The summed E-state index contributed by atoms with van der Waals surface area (Å²) in [6, 6.07) is 28.4. The van der Waals surface area contributed by atoms with Crippen molar-refractivity contribution >= 4 is 11.6 Å². The van der Waals surface area contributed by atoms with Crippen LogP contribution in [0, 0.1) is 6.07 Å². The molecule has 0 aliphatic heterocycles. The second-order valence-electron chi connectivity index (χ2n) is 5.08. The lowest BCUT2D eigenvalue weighted by Crippen LogP contribution is -2.14. The highest BCUT2D eigenvalue weighted by Gasteiger charge is 2.04. The minimum Gasteiger partial charge on any atom is -0.326 e. The number of amides is 1. The molecule has 0 unspecified atom stereocenters. The highest BCUT2D eigenvalue weighted by Crippen LogP contribution is 2.20. The Balaban J connectivity index is 1.65. The van der Waals surface area contributed by atoms with Crippen LogP contribution in [0.15, 0.2) is 78.9 Å². The van der Waals surface area contributed by atoms with Crippen molar-refractivity contribution in [2.75, 3.05) is 5.32 Å². The molecule has 0 aromatic heterocycles. The summed E-state index contributed by atoms with van der Waals surface area (Å²) in [7, 11) is 0. The summed E-state index contributed by atoms with van der Waals surface area (Å²) in [5, 5.41) is 2.92. The monoisotopic (exact) mass is 286 g/mol. The predicted molar refractivity (Wildman–Crippen MR) is 89.5 cm³/mol. The number of hydrogen-bond acceptors (Lipinski definition) is 1. The molecule has 3 aromatic carbocycles. The minimum atomic E-state index is -0.00624. The van der Waals surface area contributed by atoms with Gasteiger partial charge in [0.05, 0.1) is 6.42 Å². The van der Waals surface area contributed by atoms with Gasteiger partial charge >= 0.3 is 0 Å². The first-order valence-electron chi connectivity index (χ1n) is 7.21.